The molecule has 0 bridgehead atoms. The molecule has 0 spiro atoms. The SMILES string of the molecule is CCC(OC(C)(C)C)(C(=O)[O-])C(=O)C(OC(C)(C)C)OC(C)(C)C.[Ti]. The van der Waals surface area contributed by atoms with Gasteiger partial charge in [-0.15, -0.1) is 0 Å². The predicted octanol–water partition coefficient (Wildman–Crippen LogP) is 2.22. The second-order valence-electron chi connectivity index (χ2n) is 8.84. The molecule has 0 aromatic rings. The minimum Gasteiger partial charge on any atom is -0.546 e. The van der Waals surface area contributed by atoms with Gasteiger partial charge < -0.3 is 24.1 Å². The zero-order valence-corrected chi connectivity index (χ0v) is 18.8. The van der Waals surface area contributed by atoms with E-state index < -0.39 is 40.4 Å². The smallest absolute Gasteiger partial charge is 0.226 e. The summed E-state index contributed by atoms with van der Waals surface area (Å²) in [6.07, 6.45) is -1.48. The Hall–Kier alpha value is -0.266. The topological polar surface area (TPSA) is 84.9 Å². The summed E-state index contributed by atoms with van der Waals surface area (Å²) in [5, 5.41) is 11.8. The number of hydrogen-bond donors (Lipinski definition) is 0. The van der Waals surface area contributed by atoms with Crippen LogP contribution in [0.1, 0.15) is 75.7 Å². The van der Waals surface area contributed by atoms with Gasteiger partial charge in [-0.2, -0.15) is 0 Å². The van der Waals surface area contributed by atoms with E-state index in [1.54, 1.807) is 69.2 Å². The number of aliphatic carboxylic acids is 1. The van der Waals surface area contributed by atoms with Gasteiger partial charge in [0.05, 0.1) is 22.8 Å². The first-order valence-electron chi connectivity index (χ1n) is 8.25. The van der Waals surface area contributed by atoms with Gasteiger partial charge in [0.15, 0.2) is 5.60 Å². The normalized spacial score (nSPS) is 15.5. The van der Waals surface area contributed by atoms with Crippen LogP contribution in [-0.2, 0) is 45.5 Å². The number of ether oxygens (including phenoxy) is 3. The molecule has 0 aromatic heterocycles. The molecule has 0 saturated heterocycles. The molecule has 1 unspecified atom stereocenters. The Kier molecular flexibility index (Phi) is 9.80. The summed E-state index contributed by atoms with van der Waals surface area (Å²) in [5.41, 5.74) is -4.42. The third kappa shape index (κ3) is 9.29. The van der Waals surface area contributed by atoms with Crippen LogP contribution in [0.15, 0.2) is 0 Å². The summed E-state index contributed by atoms with van der Waals surface area (Å²) in [6, 6.07) is 0. The first kappa shape index (κ1) is 27.0. The van der Waals surface area contributed by atoms with Crippen LogP contribution < -0.4 is 5.11 Å². The molecular weight excluding hydrogens is 360 g/mol. The molecule has 6 nitrogen and oxygen atoms in total. The molecular formula is C18H33O6Ti-. The van der Waals surface area contributed by atoms with E-state index in [4.69, 9.17) is 14.2 Å². The number of carboxylic acid groups (broad SMARTS) is 1. The zero-order valence-electron chi connectivity index (χ0n) is 17.2. The van der Waals surface area contributed by atoms with Crippen molar-refractivity contribution in [1.82, 2.24) is 0 Å². The summed E-state index contributed by atoms with van der Waals surface area (Å²) >= 11 is 0. The first-order chi connectivity index (χ1) is 10.4. The van der Waals surface area contributed by atoms with Crippen molar-refractivity contribution in [2.24, 2.45) is 0 Å². The first-order valence-corrected chi connectivity index (χ1v) is 8.25. The summed E-state index contributed by atoms with van der Waals surface area (Å²) < 4.78 is 17.0. The molecule has 0 aliphatic rings. The van der Waals surface area contributed by atoms with E-state index in [0.29, 0.717) is 0 Å². The Balaban J connectivity index is 0. The molecule has 0 amide bonds. The number of rotatable bonds is 7. The Morgan fingerprint density at radius 2 is 1.20 bits per heavy atom. The number of carbonyl (C=O) groups is 2. The second-order valence-corrected chi connectivity index (χ2v) is 8.84. The van der Waals surface area contributed by atoms with Crippen molar-refractivity contribution in [2.45, 2.75) is 104 Å². The molecule has 0 heterocycles. The van der Waals surface area contributed by atoms with Crippen molar-refractivity contribution in [1.29, 1.82) is 0 Å². The van der Waals surface area contributed by atoms with Gasteiger partial charge in [0, 0.05) is 21.7 Å². The zero-order chi connectivity index (χ0) is 19.6. The fourth-order valence-corrected chi connectivity index (χ4v) is 2.07. The van der Waals surface area contributed by atoms with Crippen LogP contribution in [0, 0.1) is 0 Å². The van der Waals surface area contributed by atoms with Crippen molar-refractivity contribution in [3.05, 3.63) is 0 Å². The summed E-state index contributed by atoms with van der Waals surface area (Å²) in [5.74, 6) is -2.39. The fraction of sp³-hybridized carbons (Fsp3) is 0.889. The number of carboxylic acids is 1. The second kappa shape index (κ2) is 9.09. The van der Waals surface area contributed by atoms with E-state index in [-0.39, 0.29) is 28.1 Å². The van der Waals surface area contributed by atoms with Crippen LogP contribution in [0.5, 0.6) is 0 Å². The largest absolute Gasteiger partial charge is 0.546 e. The fourth-order valence-electron chi connectivity index (χ4n) is 2.07. The van der Waals surface area contributed by atoms with E-state index in [0.717, 1.165) is 0 Å². The maximum Gasteiger partial charge on any atom is 0.226 e. The van der Waals surface area contributed by atoms with Crippen molar-refractivity contribution >= 4 is 11.8 Å². The van der Waals surface area contributed by atoms with Gasteiger partial charge in [0.2, 0.25) is 12.1 Å². The van der Waals surface area contributed by atoms with Crippen molar-refractivity contribution in [2.75, 3.05) is 0 Å². The summed E-state index contributed by atoms with van der Waals surface area (Å²) in [6.45, 7) is 17.2. The number of ketones is 1. The molecule has 0 aliphatic heterocycles. The van der Waals surface area contributed by atoms with E-state index in [9.17, 15) is 14.7 Å². The van der Waals surface area contributed by atoms with Crippen LogP contribution in [0.25, 0.3) is 0 Å². The van der Waals surface area contributed by atoms with Crippen molar-refractivity contribution < 1.29 is 50.6 Å². The number of hydrogen-bond acceptors (Lipinski definition) is 6. The molecule has 0 saturated carbocycles. The monoisotopic (exact) mass is 393 g/mol. The maximum atomic E-state index is 13.1. The molecule has 0 radical (unpaired) electrons. The average Bonchev–Trinajstić information content (AvgIpc) is 2.29. The Morgan fingerprint density at radius 1 is 0.840 bits per heavy atom. The Morgan fingerprint density at radius 3 is 1.40 bits per heavy atom. The van der Waals surface area contributed by atoms with Gasteiger partial charge >= 0.3 is 0 Å². The van der Waals surface area contributed by atoms with Gasteiger partial charge in [-0.1, -0.05) is 6.92 Å². The quantitative estimate of drug-likeness (QED) is 0.375. The van der Waals surface area contributed by atoms with Gasteiger partial charge in [0.1, 0.15) is 0 Å². The molecule has 0 aromatic carbocycles. The van der Waals surface area contributed by atoms with E-state index >= 15 is 0 Å². The molecule has 0 fully saturated rings. The van der Waals surface area contributed by atoms with E-state index in [1.807, 2.05) is 0 Å². The van der Waals surface area contributed by atoms with Crippen molar-refractivity contribution in [3.63, 3.8) is 0 Å². The van der Waals surface area contributed by atoms with E-state index in [1.165, 1.54) is 0 Å². The number of Topliss-reactive ketones (excluding diaryl/α,β-unsaturated/α-hetero) is 1. The van der Waals surface area contributed by atoms with Gasteiger partial charge in [-0.3, -0.25) is 4.79 Å². The molecule has 146 valence electrons. The molecule has 25 heavy (non-hydrogen) atoms. The van der Waals surface area contributed by atoms with Gasteiger partial charge in [0.25, 0.3) is 0 Å². The predicted molar refractivity (Wildman–Crippen MR) is 89.3 cm³/mol. The van der Waals surface area contributed by atoms with Crippen LogP contribution >= 0.6 is 0 Å². The van der Waals surface area contributed by atoms with Gasteiger partial charge in [-0.25, -0.2) is 0 Å². The van der Waals surface area contributed by atoms with Crippen LogP contribution in [0.3, 0.4) is 0 Å². The van der Waals surface area contributed by atoms with E-state index in [2.05, 4.69) is 0 Å². The van der Waals surface area contributed by atoms with Crippen molar-refractivity contribution in [3.8, 4) is 0 Å². The summed E-state index contributed by atoms with van der Waals surface area (Å²) in [7, 11) is 0. The maximum absolute atomic E-state index is 13.1. The van der Waals surface area contributed by atoms with Gasteiger partial charge in [-0.05, 0) is 68.7 Å². The third-order valence-electron chi connectivity index (χ3n) is 2.84. The molecule has 0 rings (SSSR count). The molecule has 7 heteroatoms. The summed E-state index contributed by atoms with van der Waals surface area (Å²) in [4.78, 5) is 24.9. The van der Waals surface area contributed by atoms with Crippen LogP contribution in [-0.4, -0.2) is 40.4 Å². The minimum atomic E-state index is -2.14. The Labute approximate surface area is 166 Å². The average molecular weight is 393 g/mol. The minimum absolute atomic E-state index is 0. The molecule has 1 atom stereocenters. The third-order valence-corrected chi connectivity index (χ3v) is 2.84. The van der Waals surface area contributed by atoms with Crippen LogP contribution in [0.2, 0.25) is 0 Å². The standard InChI is InChI=1S/C18H34O6.Ti/c1-11-18(14(20)21,24-17(8,9)10)12(19)13(22-15(2,3)4)23-16(5,6)7;/h13H,11H2,1-10H3,(H,20,21);/p-1. The molecule has 0 aliphatic carbocycles. The number of carbonyl (C=O) groups excluding carboxylic acids is 2. The molecule has 0 N–H and O–H groups in total. The van der Waals surface area contributed by atoms with Crippen LogP contribution in [0.4, 0.5) is 0 Å². The Bertz CT molecular complexity index is 440.